The van der Waals surface area contributed by atoms with Gasteiger partial charge in [-0.2, -0.15) is 10.5 Å². The van der Waals surface area contributed by atoms with E-state index in [4.69, 9.17) is 21.2 Å². The minimum atomic E-state index is -0.216. The van der Waals surface area contributed by atoms with Gasteiger partial charge in [-0.05, 0) is 30.3 Å². The first-order valence-corrected chi connectivity index (χ1v) is 10.9. The molecule has 0 aliphatic carbocycles. The van der Waals surface area contributed by atoms with Crippen molar-refractivity contribution in [1.29, 1.82) is 10.5 Å². The molecule has 1 saturated heterocycles. The zero-order chi connectivity index (χ0) is 24.8. The second kappa shape index (κ2) is 10.3. The minimum Gasteiger partial charge on any atom is -0.493 e. The Morgan fingerprint density at radius 3 is 2.49 bits per heavy atom. The van der Waals surface area contributed by atoms with Crippen LogP contribution in [-0.4, -0.2) is 55.8 Å². The Bertz CT molecular complexity index is 1370. The van der Waals surface area contributed by atoms with Gasteiger partial charge in [0.05, 0.1) is 35.5 Å². The van der Waals surface area contributed by atoms with Crippen LogP contribution in [0.3, 0.4) is 0 Å². The van der Waals surface area contributed by atoms with Crippen LogP contribution in [0.4, 0.5) is 16.2 Å². The highest BCUT2D eigenvalue weighted by molar-refractivity contribution is 5.97. The molecular formula is C26H22N6O3. The third-order valence-electron chi connectivity index (χ3n) is 5.70. The number of hydrogen-bond acceptors (Lipinski definition) is 7. The van der Waals surface area contributed by atoms with Crippen molar-refractivity contribution in [3.63, 3.8) is 0 Å². The number of piperazine rings is 1. The molecule has 35 heavy (non-hydrogen) atoms. The summed E-state index contributed by atoms with van der Waals surface area (Å²) in [4.78, 5) is 21.0. The molecule has 0 radical (unpaired) electrons. The number of hydrogen-bond donors (Lipinski definition) is 1. The van der Waals surface area contributed by atoms with Crippen LogP contribution in [0, 0.1) is 35.0 Å². The maximum atomic E-state index is 12.7. The van der Waals surface area contributed by atoms with Gasteiger partial charge in [0.1, 0.15) is 12.7 Å². The monoisotopic (exact) mass is 466 g/mol. The normalized spacial score (nSPS) is 12.9. The molecule has 0 bridgehead atoms. The first-order chi connectivity index (χ1) is 17.1. The Kier molecular flexibility index (Phi) is 6.86. The van der Waals surface area contributed by atoms with Crippen LogP contribution in [0.5, 0.6) is 11.5 Å². The Morgan fingerprint density at radius 1 is 1.11 bits per heavy atom. The van der Waals surface area contributed by atoms with E-state index in [0.29, 0.717) is 60.0 Å². The number of urea groups is 1. The van der Waals surface area contributed by atoms with Crippen molar-refractivity contribution in [2.75, 3.05) is 50.1 Å². The summed E-state index contributed by atoms with van der Waals surface area (Å²) >= 11 is 0. The molecule has 0 saturated carbocycles. The smallest absolute Gasteiger partial charge is 0.321 e. The van der Waals surface area contributed by atoms with Crippen LogP contribution in [-0.2, 0) is 0 Å². The lowest BCUT2D eigenvalue weighted by molar-refractivity contribution is 0.208. The number of benzene rings is 2. The SMILES string of the molecule is C#CCOc1cc2ncc(C#N)c(N3CCN(C(=O)Nc4ccc(C#N)cc4)CC3)c2cc1OC. The molecule has 9 nitrogen and oxygen atoms in total. The van der Waals surface area contributed by atoms with Crippen LogP contribution in [0.25, 0.3) is 10.9 Å². The molecule has 2 amide bonds. The van der Waals surface area contributed by atoms with Gasteiger partial charge in [-0.3, -0.25) is 4.98 Å². The number of terminal acetylenes is 1. The van der Waals surface area contributed by atoms with E-state index >= 15 is 0 Å². The molecule has 0 atom stereocenters. The first-order valence-electron chi connectivity index (χ1n) is 10.9. The lowest BCUT2D eigenvalue weighted by Crippen LogP contribution is -2.50. The molecule has 1 N–H and O–H groups in total. The second-order valence-corrected chi connectivity index (χ2v) is 7.74. The first kappa shape index (κ1) is 23.2. The van der Waals surface area contributed by atoms with E-state index in [0.717, 1.165) is 11.1 Å². The van der Waals surface area contributed by atoms with Crippen molar-refractivity contribution >= 4 is 28.3 Å². The van der Waals surface area contributed by atoms with E-state index < -0.39 is 0 Å². The average Bonchev–Trinajstić information content (AvgIpc) is 2.91. The van der Waals surface area contributed by atoms with Crippen molar-refractivity contribution in [2.45, 2.75) is 0 Å². The largest absolute Gasteiger partial charge is 0.493 e. The number of carbonyl (C=O) groups is 1. The molecule has 1 aromatic heterocycles. The van der Waals surface area contributed by atoms with Gasteiger partial charge >= 0.3 is 6.03 Å². The number of ether oxygens (including phenoxy) is 2. The summed E-state index contributed by atoms with van der Waals surface area (Å²) in [5, 5.41) is 22.3. The Hall–Kier alpha value is -4.94. The molecule has 0 spiro atoms. The summed E-state index contributed by atoms with van der Waals surface area (Å²) < 4.78 is 11.1. The van der Waals surface area contributed by atoms with Crippen molar-refractivity contribution in [1.82, 2.24) is 9.88 Å². The van der Waals surface area contributed by atoms with Crippen LogP contribution < -0.4 is 19.7 Å². The van der Waals surface area contributed by atoms with Crippen molar-refractivity contribution in [3.05, 3.63) is 53.7 Å². The number of rotatable bonds is 5. The molecule has 4 rings (SSSR count). The number of nitrogens with zero attached hydrogens (tertiary/aromatic N) is 5. The van der Waals surface area contributed by atoms with Gasteiger partial charge in [0.15, 0.2) is 11.5 Å². The summed E-state index contributed by atoms with van der Waals surface area (Å²) in [6.45, 7) is 2.10. The maximum Gasteiger partial charge on any atom is 0.321 e. The van der Waals surface area contributed by atoms with E-state index in [1.807, 2.05) is 0 Å². The predicted octanol–water partition coefficient (Wildman–Crippen LogP) is 3.35. The summed E-state index contributed by atoms with van der Waals surface area (Å²) in [6, 6.07) is 14.3. The second-order valence-electron chi connectivity index (χ2n) is 7.74. The third-order valence-corrected chi connectivity index (χ3v) is 5.70. The highest BCUT2D eigenvalue weighted by Gasteiger charge is 2.25. The van der Waals surface area contributed by atoms with E-state index in [9.17, 15) is 10.1 Å². The van der Waals surface area contributed by atoms with Crippen LogP contribution >= 0.6 is 0 Å². The summed E-state index contributed by atoms with van der Waals surface area (Å²) in [5.41, 5.74) is 2.98. The topological polar surface area (TPSA) is 115 Å². The van der Waals surface area contributed by atoms with Crippen molar-refractivity contribution < 1.29 is 14.3 Å². The zero-order valence-corrected chi connectivity index (χ0v) is 19.1. The van der Waals surface area contributed by atoms with Gasteiger partial charge in [0, 0.05) is 49.5 Å². The molecule has 1 aliphatic rings. The number of amides is 2. The number of fused-ring (bicyclic) bond motifs is 1. The summed E-state index contributed by atoms with van der Waals surface area (Å²) in [5.74, 6) is 3.40. The number of nitriles is 2. The number of pyridine rings is 1. The van der Waals surface area contributed by atoms with Gasteiger partial charge in [0.25, 0.3) is 0 Å². The molecule has 9 heteroatoms. The molecule has 2 aromatic carbocycles. The summed E-state index contributed by atoms with van der Waals surface area (Å²) in [6.07, 6.45) is 6.85. The highest BCUT2D eigenvalue weighted by atomic mass is 16.5. The molecule has 2 heterocycles. The minimum absolute atomic E-state index is 0.0947. The van der Waals surface area contributed by atoms with E-state index in [1.54, 1.807) is 47.5 Å². The zero-order valence-electron chi connectivity index (χ0n) is 19.1. The van der Waals surface area contributed by atoms with Crippen LogP contribution in [0.1, 0.15) is 11.1 Å². The molecule has 1 fully saturated rings. The van der Waals surface area contributed by atoms with Gasteiger partial charge in [-0.25, -0.2) is 4.79 Å². The Morgan fingerprint density at radius 2 is 1.86 bits per heavy atom. The predicted molar refractivity (Wildman–Crippen MR) is 131 cm³/mol. The van der Waals surface area contributed by atoms with E-state index in [2.05, 4.69) is 33.3 Å². The fraction of sp³-hybridized carbons (Fsp3) is 0.231. The highest BCUT2D eigenvalue weighted by Crippen LogP contribution is 2.38. The Labute approximate surface area is 203 Å². The number of nitrogens with one attached hydrogen (secondary N) is 1. The number of carbonyl (C=O) groups excluding carboxylic acids is 1. The van der Waals surface area contributed by atoms with Crippen molar-refractivity contribution in [2.24, 2.45) is 0 Å². The standard InChI is InChI=1S/C26H22N6O3/c1-3-12-35-24-14-22-21(13-23(24)34-2)25(19(16-28)17-29-22)31-8-10-32(11-9-31)26(33)30-20-6-4-18(15-27)5-7-20/h1,4-7,13-14,17H,8-12H2,2H3,(H,30,33). The van der Waals surface area contributed by atoms with Gasteiger partial charge < -0.3 is 24.6 Å². The molecule has 174 valence electrons. The van der Waals surface area contributed by atoms with Crippen LogP contribution in [0.15, 0.2) is 42.6 Å². The van der Waals surface area contributed by atoms with Crippen LogP contribution in [0.2, 0.25) is 0 Å². The average molecular weight is 467 g/mol. The quantitative estimate of drug-likeness (QED) is 0.574. The molecule has 3 aromatic rings. The van der Waals surface area contributed by atoms with Gasteiger partial charge in [-0.1, -0.05) is 5.92 Å². The van der Waals surface area contributed by atoms with Gasteiger partial charge in [-0.15, -0.1) is 6.42 Å². The molecular weight excluding hydrogens is 444 g/mol. The van der Waals surface area contributed by atoms with Crippen molar-refractivity contribution in [3.8, 4) is 36.0 Å². The number of anilines is 2. The Balaban J connectivity index is 1.54. The maximum absolute atomic E-state index is 12.7. The number of methoxy groups -OCH3 is 1. The lowest BCUT2D eigenvalue weighted by Gasteiger charge is -2.36. The number of aromatic nitrogens is 1. The summed E-state index contributed by atoms with van der Waals surface area (Å²) in [7, 11) is 1.54. The fourth-order valence-electron chi connectivity index (χ4n) is 3.96. The van der Waals surface area contributed by atoms with Gasteiger partial charge in [0.2, 0.25) is 0 Å². The van der Waals surface area contributed by atoms with E-state index in [-0.39, 0.29) is 12.6 Å². The lowest BCUT2D eigenvalue weighted by atomic mass is 10.1. The van der Waals surface area contributed by atoms with E-state index in [1.165, 1.54) is 7.11 Å². The third kappa shape index (κ3) is 4.88. The fourth-order valence-corrected chi connectivity index (χ4v) is 3.96. The molecule has 1 aliphatic heterocycles. The molecule has 0 unspecified atom stereocenters.